The molecule has 1 saturated heterocycles. The van der Waals surface area contributed by atoms with Crippen molar-refractivity contribution in [3.63, 3.8) is 0 Å². The maximum absolute atomic E-state index is 9.94. The van der Waals surface area contributed by atoms with E-state index in [-0.39, 0.29) is 18.4 Å². The summed E-state index contributed by atoms with van der Waals surface area (Å²) in [7, 11) is 1.79. The van der Waals surface area contributed by atoms with E-state index < -0.39 is 24.4 Å². The van der Waals surface area contributed by atoms with Crippen LogP contribution >= 0.6 is 0 Å². The lowest BCUT2D eigenvalue weighted by atomic mass is 9.92. The Hall–Kier alpha value is -1.18. The first-order chi connectivity index (χ1) is 9.52. The monoisotopic (exact) mass is 283 g/mol. The minimum Gasteiger partial charge on any atom is -0.508 e. The molecule has 0 bridgehead atoms. The minimum absolute atomic E-state index is 0.00883. The molecular weight excluding hydrogens is 262 g/mol. The molecule has 1 unspecified atom stereocenters. The van der Waals surface area contributed by atoms with Gasteiger partial charge in [0.15, 0.2) is 0 Å². The molecule has 6 heteroatoms. The highest BCUT2D eigenvalue weighted by Gasteiger charge is 2.38. The molecule has 0 aromatic heterocycles. The summed E-state index contributed by atoms with van der Waals surface area (Å²) < 4.78 is 5.40. The zero-order valence-corrected chi connectivity index (χ0v) is 11.3. The fourth-order valence-electron chi connectivity index (χ4n) is 2.43. The maximum atomic E-state index is 9.94. The molecule has 112 valence electrons. The molecule has 0 radical (unpaired) electrons. The molecule has 1 aromatic carbocycles. The number of aromatic hydroxyl groups is 1. The number of benzene rings is 1. The molecule has 1 aliphatic heterocycles. The summed E-state index contributed by atoms with van der Waals surface area (Å²) in [5.41, 5.74) is 0.946. The van der Waals surface area contributed by atoms with Gasteiger partial charge in [-0.3, -0.25) is 0 Å². The molecule has 5 N–H and O–H groups in total. The van der Waals surface area contributed by atoms with Gasteiger partial charge in [-0.1, -0.05) is 12.1 Å². The van der Waals surface area contributed by atoms with Gasteiger partial charge in [0.25, 0.3) is 0 Å². The lowest BCUT2D eigenvalue weighted by Gasteiger charge is -2.36. The molecule has 1 aromatic rings. The molecule has 1 aliphatic rings. The summed E-state index contributed by atoms with van der Waals surface area (Å²) in [6, 6.07) is 6.68. The van der Waals surface area contributed by atoms with Gasteiger partial charge >= 0.3 is 0 Å². The Kier molecular flexibility index (Phi) is 4.95. The second-order valence-electron chi connectivity index (χ2n) is 5.09. The average molecular weight is 283 g/mol. The molecular formula is C14H21NO5. The van der Waals surface area contributed by atoms with Gasteiger partial charge < -0.3 is 30.5 Å². The summed E-state index contributed by atoms with van der Waals surface area (Å²) in [5.74, 6) is 0.191. The average Bonchev–Trinajstić information content (AvgIpc) is 2.45. The molecule has 1 heterocycles. The number of nitrogens with one attached hydrogen (secondary N) is 1. The second-order valence-corrected chi connectivity index (χ2v) is 5.09. The maximum Gasteiger partial charge on any atom is 0.115 e. The fourth-order valence-corrected chi connectivity index (χ4v) is 2.43. The molecule has 0 spiro atoms. The highest BCUT2D eigenvalue weighted by Crippen LogP contribution is 2.26. The summed E-state index contributed by atoms with van der Waals surface area (Å²) >= 11 is 0. The van der Waals surface area contributed by atoms with Gasteiger partial charge in [-0.15, -0.1) is 0 Å². The van der Waals surface area contributed by atoms with E-state index in [4.69, 9.17) is 4.74 Å². The number of phenols is 1. The highest BCUT2D eigenvalue weighted by molar-refractivity contribution is 5.28. The number of aliphatic hydroxyl groups excluding tert-OH is 3. The summed E-state index contributed by atoms with van der Waals surface area (Å²) in [5, 5.41) is 41.5. The third-order valence-electron chi connectivity index (χ3n) is 3.72. The van der Waals surface area contributed by atoms with Crippen LogP contribution < -0.4 is 5.32 Å². The summed E-state index contributed by atoms with van der Waals surface area (Å²) in [6.45, 7) is 0.00883. The van der Waals surface area contributed by atoms with Crippen LogP contribution in [0.2, 0.25) is 0 Å². The largest absolute Gasteiger partial charge is 0.508 e. The zero-order valence-electron chi connectivity index (χ0n) is 11.3. The SMILES string of the molecule is CNC(C[C@H]1OC[C@@H](O)[C@H](O)[C@@H]1O)c1ccc(O)cc1. The van der Waals surface area contributed by atoms with E-state index in [1.807, 2.05) is 0 Å². The van der Waals surface area contributed by atoms with Gasteiger partial charge in [0.2, 0.25) is 0 Å². The lowest BCUT2D eigenvalue weighted by molar-refractivity contribution is -0.189. The first-order valence-electron chi connectivity index (χ1n) is 6.65. The molecule has 0 aliphatic carbocycles. The van der Waals surface area contributed by atoms with Crippen LogP contribution in [0.15, 0.2) is 24.3 Å². The quantitative estimate of drug-likeness (QED) is 0.512. The number of hydrogen-bond acceptors (Lipinski definition) is 6. The molecule has 5 atom stereocenters. The van der Waals surface area contributed by atoms with E-state index in [2.05, 4.69) is 5.32 Å². The van der Waals surface area contributed by atoms with Gasteiger partial charge in [0.1, 0.15) is 24.1 Å². The van der Waals surface area contributed by atoms with Crippen molar-refractivity contribution in [2.45, 2.75) is 36.9 Å². The smallest absolute Gasteiger partial charge is 0.115 e. The normalized spacial score (nSPS) is 32.0. The topological polar surface area (TPSA) is 102 Å². The van der Waals surface area contributed by atoms with Gasteiger partial charge in [-0.25, -0.2) is 0 Å². The van der Waals surface area contributed by atoms with E-state index in [9.17, 15) is 20.4 Å². The number of aliphatic hydroxyl groups is 3. The van der Waals surface area contributed by atoms with Crippen LogP contribution in [-0.2, 0) is 4.74 Å². The number of rotatable bonds is 4. The van der Waals surface area contributed by atoms with Gasteiger partial charge in [-0.05, 0) is 31.2 Å². The standard InChI is InChI=1S/C14H21NO5/c1-15-10(8-2-4-9(16)5-3-8)6-12-14(19)13(18)11(17)7-20-12/h2-5,10-19H,6-7H2,1H3/t10?,11-,12-,13+,14-/m1/s1. The molecule has 6 nitrogen and oxygen atoms in total. The number of hydrogen-bond donors (Lipinski definition) is 5. The molecule has 20 heavy (non-hydrogen) atoms. The van der Waals surface area contributed by atoms with E-state index in [1.54, 1.807) is 31.3 Å². The van der Waals surface area contributed by atoms with Crippen molar-refractivity contribution in [3.05, 3.63) is 29.8 Å². The van der Waals surface area contributed by atoms with Crippen molar-refractivity contribution >= 4 is 0 Å². The van der Waals surface area contributed by atoms with Crippen LogP contribution in [0.3, 0.4) is 0 Å². The number of phenolic OH excluding ortho intramolecular Hbond substituents is 1. The highest BCUT2D eigenvalue weighted by atomic mass is 16.5. The Bertz CT molecular complexity index is 424. The van der Waals surface area contributed by atoms with Crippen molar-refractivity contribution < 1.29 is 25.2 Å². The third kappa shape index (κ3) is 3.28. The van der Waals surface area contributed by atoms with Gasteiger partial charge in [0.05, 0.1) is 12.7 Å². The molecule has 0 saturated carbocycles. The van der Waals surface area contributed by atoms with Crippen LogP contribution in [0.4, 0.5) is 0 Å². The third-order valence-corrected chi connectivity index (χ3v) is 3.72. The van der Waals surface area contributed by atoms with Crippen LogP contribution in [0.5, 0.6) is 5.75 Å². The van der Waals surface area contributed by atoms with E-state index in [0.29, 0.717) is 6.42 Å². The predicted molar refractivity (Wildman–Crippen MR) is 72.3 cm³/mol. The van der Waals surface area contributed by atoms with Crippen LogP contribution in [0, 0.1) is 0 Å². The summed E-state index contributed by atoms with van der Waals surface area (Å²) in [6.07, 6.45) is -3.47. The van der Waals surface area contributed by atoms with Crippen molar-refractivity contribution in [2.75, 3.05) is 13.7 Å². The first kappa shape index (κ1) is 15.2. The Morgan fingerprint density at radius 1 is 1.20 bits per heavy atom. The van der Waals surface area contributed by atoms with E-state index >= 15 is 0 Å². The van der Waals surface area contributed by atoms with Crippen LogP contribution in [-0.4, -0.2) is 58.5 Å². The van der Waals surface area contributed by atoms with Crippen molar-refractivity contribution in [3.8, 4) is 5.75 Å². The molecule has 2 rings (SSSR count). The molecule has 1 fully saturated rings. The van der Waals surface area contributed by atoms with Gasteiger partial charge in [-0.2, -0.15) is 0 Å². The predicted octanol–water partition coefficient (Wildman–Crippen LogP) is -0.476. The first-order valence-corrected chi connectivity index (χ1v) is 6.65. The van der Waals surface area contributed by atoms with Crippen LogP contribution in [0.25, 0.3) is 0 Å². The Morgan fingerprint density at radius 3 is 2.45 bits per heavy atom. The number of ether oxygens (including phenoxy) is 1. The Labute approximate surface area is 117 Å². The van der Waals surface area contributed by atoms with Crippen molar-refractivity contribution in [1.82, 2.24) is 5.32 Å². The Morgan fingerprint density at radius 2 is 1.85 bits per heavy atom. The summed E-state index contributed by atoms with van der Waals surface area (Å²) in [4.78, 5) is 0. The van der Waals surface area contributed by atoms with Crippen molar-refractivity contribution in [2.24, 2.45) is 0 Å². The van der Waals surface area contributed by atoms with E-state index in [1.165, 1.54) is 0 Å². The van der Waals surface area contributed by atoms with Crippen molar-refractivity contribution in [1.29, 1.82) is 0 Å². The molecule has 0 amide bonds. The van der Waals surface area contributed by atoms with Gasteiger partial charge in [0, 0.05) is 6.04 Å². The van der Waals surface area contributed by atoms with E-state index in [0.717, 1.165) is 5.56 Å². The lowest BCUT2D eigenvalue weighted by Crippen LogP contribution is -2.53. The zero-order chi connectivity index (χ0) is 14.7. The fraction of sp³-hybridized carbons (Fsp3) is 0.571. The Balaban J connectivity index is 2.04. The van der Waals surface area contributed by atoms with Crippen LogP contribution in [0.1, 0.15) is 18.0 Å². The minimum atomic E-state index is -1.19. The second kappa shape index (κ2) is 6.51.